The highest BCUT2D eigenvalue weighted by atomic mass is 32.2. The molecule has 3 fully saturated rings. The van der Waals surface area contributed by atoms with Crippen LogP contribution in [-0.2, 0) is 4.79 Å². The molecule has 2 atom stereocenters. The summed E-state index contributed by atoms with van der Waals surface area (Å²) in [5.41, 5.74) is 0. The van der Waals surface area contributed by atoms with Crippen LogP contribution in [0, 0.1) is 5.92 Å². The van der Waals surface area contributed by atoms with Crippen LogP contribution in [0.5, 0.6) is 0 Å². The van der Waals surface area contributed by atoms with Gasteiger partial charge in [-0.1, -0.05) is 0 Å². The predicted octanol–water partition coefficient (Wildman–Crippen LogP) is 0.654. The number of carbonyl (C=O) groups excluding carboxylic acids is 1. The largest absolute Gasteiger partial charge is 0.334 e. The topological polar surface area (TPSA) is 23.6 Å². The van der Waals surface area contributed by atoms with Gasteiger partial charge in [0.1, 0.15) is 0 Å². The van der Waals surface area contributed by atoms with Crippen LogP contribution in [0.2, 0.25) is 0 Å². The zero-order chi connectivity index (χ0) is 10.4. The molecule has 0 radical (unpaired) electrons. The molecule has 4 heteroatoms. The molecule has 3 aliphatic heterocycles. The van der Waals surface area contributed by atoms with Crippen LogP contribution in [0.4, 0.5) is 0 Å². The molecule has 0 spiro atoms. The third-order valence-corrected chi connectivity index (χ3v) is 5.18. The molecule has 3 saturated heterocycles. The van der Waals surface area contributed by atoms with E-state index >= 15 is 0 Å². The number of likely N-dealkylation sites (tertiary alicyclic amines) is 1. The van der Waals surface area contributed by atoms with E-state index in [2.05, 4.69) is 16.8 Å². The van der Waals surface area contributed by atoms with E-state index in [4.69, 9.17) is 0 Å². The summed E-state index contributed by atoms with van der Waals surface area (Å²) < 4.78 is 0. The van der Waals surface area contributed by atoms with E-state index in [1.165, 1.54) is 12.8 Å². The van der Waals surface area contributed by atoms with E-state index in [1.54, 1.807) is 0 Å². The molecule has 0 aromatic rings. The number of nitrogens with zero attached hydrogens (tertiary/aromatic N) is 2. The number of carbonyl (C=O) groups is 1. The Kier molecular flexibility index (Phi) is 2.44. The molecule has 0 aromatic carbocycles. The third-order valence-electron chi connectivity index (χ3n) is 3.91. The summed E-state index contributed by atoms with van der Waals surface area (Å²) in [4.78, 5) is 16.8. The van der Waals surface area contributed by atoms with Gasteiger partial charge in [-0.15, -0.1) is 0 Å². The highest BCUT2D eigenvalue weighted by molar-refractivity contribution is 8.00. The first kappa shape index (κ1) is 9.97. The van der Waals surface area contributed by atoms with Gasteiger partial charge >= 0.3 is 0 Å². The van der Waals surface area contributed by atoms with Crippen molar-refractivity contribution < 1.29 is 4.79 Å². The second-order valence-corrected chi connectivity index (χ2v) is 6.16. The van der Waals surface area contributed by atoms with Gasteiger partial charge in [-0.3, -0.25) is 4.79 Å². The summed E-state index contributed by atoms with van der Waals surface area (Å²) in [6.07, 6.45) is 2.45. The van der Waals surface area contributed by atoms with Gasteiger partial charge in [-0.2, -0.15) is 11.8 Å². The molecule has 3 nitrogen and oxygen atoms in total. The maximum atomic E-state index is 12.2. The molecule has 0 aromatic heterocycles. The standard InChI is InChI=1S/C11H18N2OS/c1-12-4-9-2-3-10(5-12)13(9)11(14)8-6-15-7-8/h8-10H,2-7H2,1H3. The van der Waals surface area contributed by atoms with Crippen molar-refractivity contribution in [1.82, 2.24) is 9.80 Å². The average Bonchev–Trinajstić information content (AvgIpc) is 2.36. The summed E-state index contributed by atoms with van der Waals surface area (Å²) in [6, 6.07) is 1.04. The molecule has 15 heavy (non-hydrogen) atoms. The third kappa shape index (κ3) is 1.58. The first-order chi connectivity index (χ1) is 7.25. The minimum atomic E-state index is 0.349. The molecule has 3 rings (SSSR count). The van der Waals surface area contributed by atoms with Crippen molar-refractivity contribution in [3.05, 3.63) is 0 Å². The van der Waals surface area contributed by atoms with Gasteiger partial charge in [0, 0.05) is 36.7 Å². The minimum Gasteiger partial charge on any atom is -0.334 e. The monoisotopic (exact) mass is 226 g/mol. The van der Waals surface area contributed by atoms with E-state index in [-0.39, 0.29) is 0 Å². The van der Waals surface area contributed by atoms with Gasteiger partial charge in [0.05, 0.1) is 5.92 Å². The fourth-order valence-electron chi connectivity index (χ4n) is 3.06. The SMILES string of the molecule is CN1CC2CCC(C1)N2C(=O)C1CSC1. The van der Waals surface area contributed by atoms with Crippen molar-refractivity contribution in [3.8, 4) is 0 Å². The van der Waals surface area contributed by atoms with Gasteiger partial charge in [0.15, 0.2) is 0 Å². The van der Waals surface area contributed by atoms with Crippen molar-refractivity contribution in [2.45, 2.75) is 24.9 Å². The first-order valence-electron chi connectivity index (χ1n) is 5.84. The Morgan fingerprint density at radius 2 is 1.80 bits per heavy atom. The number of amides is 1. The smallest absolute Gasteiger partial charge is 0.227 e. The van der Waals surface area contributed by atoms with Crippen LogP contribution >= 0.6 is 11.8 Å². The Morgan fingerprint density at radius 3 is 2.27 bits per heavy atom. The first-order valence-corrected chi connectivity index (χ1v) is 6.99. The maximum absolute atomic E-state index is 12.2. The van der Waals surface area contributed by atoms with Crippen LogP contribution in [0.15, 0.2) is 0 Å². The number of thioether (sulfide) groups is 1. The van der Waals surface area contributed by atoms with Crippen LogP contribution in [0.25, 0.3) is 0 Å². The Hall–Kier alpha value is -0.220. The predicted molar refractivity (Wildman–Crippen MR) is 62.0 cm³/mol. The van der Waals surface area contributed by atoms with E-state index in [1.807, 2.05) is 11.8 Å². The van der Waals surface area contributed by atoms with E-state index in [0.29, 0.717) is 23.9 Å². The number of hydrogen-bond acceptors (Lipinski definition) is 3. The summed E-state index contributed by atoms with van der Waals surface area (Å²) in [6.45, 7) is 2.17. The lowest BCUT2D eigenvalue weighted by atomic mass is 10.1. The molecule has 0 saturated carbocycles. The Morgan fingerprint density at radius 1 is 1.20 bits per heavy atom. The van der Waals surface area contributed by atoms with Crippen molar-refractivity contribution >= 4 is 17.7 Å². The van der Waals surface area contributed by atoms with Crippen LogP contribution < -0.4 is 0 Å². The highest BCUT2D eigenvalue weighted by Gasteiger charge is 2.44. The van der Waals surface area contributed by atoms with Crippen LogP contribution in [0.1, 0.15) is 12.8 Å². The summed E-state index contributed by atoms with van der Waals surface area (Å²) in [5.74, 6) is 2.92. The number of fused-ring (bicyclic) bond motifs is 2. The molecule has 2 bridgehead atoms. The van der Waals surface area contributed by atoms with Crippen molar-refractivity contribution in [2.24, 2.45) is 5.92 Å². The van der Waals surface area contributed by atoms with Gasteiger partial charge in [0.2, 0.25) is 5.91 Å². The Labute approximate surface area is 95.2 Å². The highest BCUT2D eigenvalue weighted by Crippen LogP contribution is 2.34. The van der Waals surface area contributed by atoms with Gasteiger partial charge in [-0.25, -0.2) is 0 Å². The second kappa shape index (κ2) is 3.67. The van der Waals surface area contributed by atoms with Crippen molar-refractivity contribution in [1.29, 1.82) is 0 Å². The minimum absolute atomic E-state index is 0.349. The Bertz CT molecular complexity index is 266. The van der Waals surface area contributed by atoms with Crippen LogP contribution in [-0.4, -0.2) is 59.4 Å². The number of piperazine rings is 1. The average molecular weight is 226 g/mol. The zero-order valence-electron chi connectivity index (χ0n) is 9.19. The molecular weight excluding hydrogens is 208 g/mol. The van der Waals surface area contributed by atoms with Gasteiger partial charge in [-0.05, 0) is 19.9 Å². The molecular formula is C11H18N2OS. The molecule has 0 aliphatic carbocycles. The second-order valence-electron chi connectivity index (χ2n) is 5.09. The fraction of sp³-hybridized carbons (Fsp3) is 0.909. The van der Waals surface area contributed by atoms with Gasteiger partial charge in [0.25, 0.3) is 0 Å². The van der Waals surface area contributed by atoms with Crippen molar-refractivity contribution in [3.63, 3.8) is 0 Å². The molecule has 2 unspecified atom stereocenters. The van der Waals surface area contributed by atoms with E-state index in [9.17, 15) is 4.79 Å². The summed E-state index contributed by atoms with van der Waals surface area (Å²) in [5, 5.41) is 0. The quantitative estimate of drug-likeness (QED) is 0.656. The molecule has 84 valence electrons. The Balaban J connectivity index is 1.73. The number of rotatable bonds is 1. The van der Waals surface area contributed by atoms with E-state index in [0.717, 1.165) is 24.6 Å². The lowest BCUT2D eigenvalue weighted by Gasteiger charge is -2.42. The normalized spacial score (nSPS) is 36.7. The molecule has 3 heterocycles. The lowest BCUT2D eigenvalue weighted by molar-refractivity contribution is -0.140. The van der Waals surface area contributed by atoms with Crippen molar-refractivity contribution in [2.75, 3.05) is 31.6 Å². The van der Waals surface area contributed by atoms with Gasteiger partial charge < -0.3 is 9.80 Å². The number of hydrogen-bond donors (Lipinski definition) is 0. The maximum Gasteiger partial charge on any atom is 0.227 e. The number of likely N-dealkylation sites (N-methyl/N-ethyl adjacent to an activating group) is 1. The zero-order valence-corrected chi connectivity index (χ0v) is 10.0. The summed E-state index contributed by atoms with van der Waals surface area (Å²) >= 11 is 1.90. The molecule has 3 aliphatic rings. The fourth-order valence-corrected chi connectivity index (χ4v) is 3.82. The van der Waals surface area contributed by atoms with Crippen LogP contribution in [0.3, 0.4) is 0 Å². The lowest BCUT2D eigenvalue weighted by Crippen LogP contribution is -2.57. The molecule has 0 N–H and O–H groups in total. The summed E-state index contributed by atoms with van der Waals surface area (Å²) in [7, 11) is 2.17. The molecule has 1 amide bonds. The van der Waals surface area contributed by atoms with E-state index < -0.39 is 0 Å².